The fourth-order valence-corrected chi connectivity index (χ4v) is 3.71. The number of anilines is 1. The van der Waals surface area contributed by atoms with Crippen LogP contribution in [0.3, 0.4) is 0 Å². The van der Waals surface area contributed by atoms with E-state index >= 15 is 0 Å². The fraction of sp³-hybridized carbons (Fsp3) is 0.0952. The predicted molar refractivity (Wildman–Crippen MR) is 113 cm³/mol. The molecule has 1 amide bonds. The van der Waals surface area contributed by atoms with Crippen molar-refractivity contribution in [2.45, 2.75) is 11.8 Å². The third kappa shape index (κ3) is 4.85. The van der Waals surface area contributed by atoms with Gasteiger partial charge < -0.3 is 0 Å². The fourth-order valence-electron chi connectivity index (χ4n) is 2.51. The second-order valence-electron chi connectivity index (χ2n) is 6.32. The number of aromatic nitrogens is 1. The highest BCUT2D eigenvalue weighted by Gasteiger charge is 2.21. The average Bonchev–Trinajstić information content (AvgIpc) is 2.74. The van der Waals surface area contributed by atoms with E-state index in [1.807, 2.05) is 13.0 Å². The van der Waals surface area contributed by atoms with Crippen molar-refractivity contribution >= 4 is 27.8 Å². The molecule has 0 bridgehead atoms. The van der Waals surface area contributed by atoms with E-state index in [0.717, 1.165) is 11.1 Å². The number of pyridine rings is 1. The number of carbonyl (C=O) groups excluding carboxylic acids is 1. The number of rotatable bonds is 6. The molecule has 3 rings (SSSR count). The highest BCUT2D eigenvalue weighted by atomic mass is 32.2. The molecule has 3 aromatic rings. The lowest BCUT2D eigenvalue weighted by Gasteiger charge is -2.19. The zero-order valence-corrected chi connectivity index (χ0v) is 16.8. The van der Waals surface area contributed by atoms with Gasteiger partial charge in [0.05, 0.1) is 16.8 Å². The molecular weight excluding hydrogens is 388 g/mol. The SMILES string of the molecule is Cc1ccc(S(=O)(=O)N(C)c2ccc(C(=O)N/N=C\c3cccnc3)cc2)cc1. The molecule has 0 aliphatic rings. The van der Waals surface area contributed by atoms with Crippen molar-refractivity contribution in [2.75, 3.05) is 11.4 Å². The number of benzene rings is 2. The third-order valence-electron chi connectivity index (χ3n) is 4.24. The summed E-state index contributed by atoms with van der Waals surface area (Å²) in [5.74, 6) is -0.402. The standard InChI is InChI=1S/C21H20N4O3S/c1-16-5-11-20(12-6-16)29(27,28)25(2)19-9-7-18(8-10-19)21(26)24-23-15-17-4-3-13-22-14-17/h3-15H,1-2H3,(H,24,26)/b23-15-. The largest absolute Gasteiger partial charge is 0.271 e. The molecule has 0 unspecified atom stereocenters. The summed E-state index contributed by atoms with van der Waals surface area (Å²) in [5.41, 5.74) is 4.97. The van der Waals surface area contributed by atoms with Crippen LogP contribution in [0, 0.1) is 6.92 Å². The van der Waals surface area contributed by atoms with Crippen LogP contribution in [0.4, 0.5) is 5.69 Å². The lowest BCUT2D eigenvalue weighted by atomic mass is 10.2. The first-order valence-corrected chi connectivity index (χ1v) is 10.2. The van der Waals surface area contributed by atoms with Crippen molar-refractivity contribution in [3.05, 3.63) is 89.7 Å². The lowest BCUT2D eigenvalue weighted by Crippen LogP contribution is -2.26. The Kier molecular flexibility index (Phi) is 6.04. The van der Waals surface area contributed by atoms with E-state index in [1.165, 1.54) is 17.6 Å². The first kappa shape index (κ1) is 20.2. The molecule has 29 heavy (non-hydrogen) atoms. The van der Waals surface area contributed by atoms with Gasteiger partial charge in [0.25, 0.3) is 15.9 Å². The van der Waals surface area contributed by atoms with Gasteiger partial charge >= 0.3 is 0 Å². The Labute approximate surface area is 169 Å². The monoisotopic (exact) mass is 408 g/mol. The van der Waals surface area contributed by atoms with Crippen LogP contribution in [0.5, 0.6) is 0 Å². The lowest BCUT2D eigenvalue weighted by molar-refractivity contribution is 0.0955. The van der Waals surface area contributed by atoms with Gasteiger partial charge in [-0.1, -0.05) is 23.8 Å². The zero-order chi connectivity index (χ0) is 20.9. The normalized spacial score (nSPS) is 11.4. The summed E-state index contributed by atoms with van der Waals surface area (Å²) < 4.78 is 26.7. The van der Waals surface area contributed by atoms with Crippen LogP contribution in [-0.4, -0.2) is 32.6 Å². The molecule has 0 aliphatic carbocycles. The Bertz CT molecular complexity index is 1110. The highest BCUT2D eigenvalue weighted by Crippen LogP contribution is 2.22. The van der Waals surface area contributed by atoms with Crippen molar-refractivity contribution in [2.24, 2.45) is 5.10 Å². The van der Waals surface area contributed by atoms with Gasteiger partial charge in [0.15, 0.2) is 0 Å². The molecule has 0 fully saturated rings. The summed E-state index contributed by atoms with van der Waals surface area (Å²) in [6.45, 7) is 1.89. The van der Waals surface area contributed by atoms with Gasteiger partial charge in [0.2, 0.25) is 0 Å². The maximum absolute atomic E-state index is 12.8. The third-order valence-corrected chi connectivity index (χ3v) is 6.04. The maximum atomic E-state index is 12.8. The minimum Gasteiger partial charge on any atom is -0.269 e. The van der Waals surface area contributed by atoms with Crippen LogP contribution in [0.15, 0.2) is 83.1 Å². The predicted octanol–water partition coefficient (Wildman–Crippen LogP) is 2.98. The first-order valence-electron chi connectivity index (χ1n) is 8.77. The molecule has 1 heterocycles. The minimum absolute atomic E-state index is 0.206. The molecule has 1 aromatic heterocycles. The number of hydrogen-bond donors (Lipinski definition) is 1. The number of carbonyl (C=O) groups is 1. The number of nitrogens with one attached hydrogen (secondary N) is 1. The van der Waals surface area contributed by atoms with E-state index < -0.39 is 15.9 Å². The van der Waals surface area contributed by atoms with Gasteiger partial charge in [0.1, 0.15) is 0 Å². The van der Waals surface area contributed by atoms with Crippen LogP contribution in [-0.2, 0) is 10.0 Å². The van der Waals surface area contributed by atoms with Crippen LogP contribution >= 0.6 is 0 Å². The van der Waals surface area contributed by atoms with Gasteiger partial charge in [-0.05, 0) is 49.4 Å². The number of aryl methyl sites for hydroxylation is 1. The van der Waals surface area contributed by atoms with Gasteiger partial charge in [-0.3, -0.25) is 14.1 Å². The summed E-state index contributed by atoms with van der Waals surface area (Å²) in [4.78, 5) is 16.4. The van der Waals surface area contributed by atoms with Crippen molar-refractivity contribution in [1.29, 1.82) is 0 Å². The van der Waals surface area contributed by atoms with E-state index in [0.29, 0.717) is 11.3 Å². The molecule has 0 saturated heterocycles. The van der Waals surface area contributed by atoms with Gasteiger partial charge in [-0.25, -0.2) is 13.8 Å². The maximum Gasteiger partial charge on any atom is 0.271 e. The number of nitrogens with zero attached hydrogens (tertiary/aromatic N) is 3. The van der Waals surface area contributed by atoms with Crippen molar-refractivity contribution in [3.8, 4) is 0 Å². The molecule has 0 radical (unpaired) electrons. The summed E-state index contributed by atoms with van der Waals surface area (Å²) in [5, 5.41) is 3.89. The van der Waals surface area contributed by atoms with Crippen LogP contribution in [0.1, 0.15) is 21.5 Å². The average molecular weight is 408 g/mol. The van der Waals surface area contributed by atoms with E-state index in [1.54, 1.807) is 67.0 Å². The first-order chi connectivity index (χ1) is 13.9. The number of amides is 1. The Hall–Kier alpha value is -3.52. The zero-order valence-electron chi connectivity index (χ0n) is 16.0. The Morgan fingerprint density at radius 2 is 1.76 bits per heavy atom. The molecule has 0 atom stereocenters. The Morgan fingerprint density at radius 3 is 2.38 bits per heavy atom. The number of hydrazone groups is 1. The van der Waals surface area contributed by atoms with Crippen molar-refractivity contribution < 1.29 is 13.2 Å². The smallest absolute Gasteiger partial charge is 0.269 e. The molecule has 7 nitrogen and oxygen atoms in total. The molecule has 8 heteroatoms. The molecule has 1 N–H and O–H groups in total. The minimum atomic E-state index is -3.68. The summed E-state index contributed by atoms with van der Waals surface area (Å²) >= 11 is 0. The quantitative estimate of drug-likeness (QED) is 0.501. The van der Waals surface area contributed by atoms with Gasteiger partial charge in [-0.2, -0.15) is 5.10 Å². The number of sulfonamides is 1. The van der Waals surface area contributed by atoms with Crippen LogP contribution < -0.4 is 9.73 Å². The summed E-state index contributed by atoms with van der Waals surface area (Å²) in [7, 11) is -2.21. The van der Waals surface area contributed by atoms with E-state index in [2.05, 4.69) is 15.5 Å². The van der Waals surface area contributed by atoms with E-state index in [4.69, 9.17) is 0 Å². The topological polar surface area (TPSA) is 91.7 Å². The van der Waals surface area contributed by atoms with Gasteiger partial charge in [-0.15, -0.1) is 0 Å². The van der Waals surface area contributed by atoms with Crippen molar-refractivity contribution in [3.63, 3.8) is 0 Å². The summed E-state index contributed by atoms with van der Waals surface area (Å²) in [6, 6.07) is 16.5. The molecular formula is C21H20N4O3S. The van der Waals surface area contributed by atoms with Gasteiger partial charge in [0, 0.05) is 30.6 Å². The second kappa shape index (κ2) is 8.66. The van der Waals surface area contributed by atoms with Crippen molar-refractivity contribution in [1.82, 2.24) is 10.4 Å². The van der Waals surface area contributed by atoms with Crippen LogP contribution in [0.25, 0.3) is 0 Å². The summed E-state index contributed by atoms with van der Waals surface area (Å²) in [6.07, 6.45) is 4.75. The molecule has 148 valence electrons. The van der Waals surface area contributed by atoms with E-state index in [9.17, 15) is 13.2 Å². The van der Waals surface area contributed by atoms with Crippen LogP contribution in [0.2, 0.25) is 0 Å². The van der Waals surface area contributed by atoms with E-state index in [-0.39, 0.29) is 4.90 Å². The highest BCUT2D eigenvalue weighted by molar-refractivity contribution is 7.92. The molecule has 0 saturated carbocycles. The molecule has 0 spiro atoms. The Morgan fingerprint density at radius 1 is 1.07 bits per heavy atom. The molecule has 2 aromatic carbocycles. The number of hydrogen-bond acceptors (Lipinski definition) is 5. The Balaban J connectivity index is 1.69. The second-order valence-corrected chi connectivity index (χ2v) is 8.29. The molecule has 0 aliphatic heterocycles.